The van der Waals surface area contributed by atoms with Gasteiger partial charge in [-0.05, 0) is 0 Å². The van der Waals surface area contributed by atoms with E-state index >= 15 is 0 Å². The van der Waals surface area contributed by atoms with E-state index in [9.17, 15) is 9.59 Å². The third kappa shape index (κ3) is 3.33. The maximum absolute atomic E-state index is 11.8. The quantitative estimate of drug-likeness (QED) is 0.712. The molecule has 102 valence electrons. The second-order valence-electron chi connectivity index (χ2n) is 4.54. The first kappa shape index (κ1) is 13.1. The van der Waals surface area contributed by atoms with Crippen LogP contribution in [0.1, 0.15) is 0 Å². The number of carbonyl (C=O) groups is 2. The number of carboxylic acid groups (broad SMARTS) is 1. The summed E-state index contributed by atoms with van der Waals surface area (Å²) in [6.07, 6.45) is -1.02. The van der Waals surface area contributed by atoms with Crippen molar-refractivity contribution in [2.45, 2.75) is 0 Å². The van der Waals surface area contributed by atoms with Crippen molar-refractivity contribution in [3.05, 3.63) is 0 Å². The Kier molecular flexibility index (Phi) is 4.38. The first-order valence-corrected chi connectivity index (χ1v) is 6.22. The van der Waals surface area contributed by atoms with Gasteiger partial charge < -0.3 is 14.7 Å². The van der Waals surface area contributed by atoms with E-state index in [1.54, 1.807) is 4.90 Å². The molecule has 2 saturated heterocycles. The molecule has 0 aromatic heterocycles. The molecule has 2 aliphatic heterocycles. The van der Waals surface area contributed by atoms with Crippen LogP contribution in [-0.2, 0) is 9.53 Å². The third-order valence-electron chi connectivity index (χ3n) is 3.38. The van der Waals surface area contributed by atoms with E-state index in [1.165, 1.54) is 0 Å². The smallest absolute Gasteiger partial charge is 0.407 e. The molecule has 2 rings (SSSR count). The molecule has 7 heteroatoms. The number of piperazine rings is 1. The molecule has 0 bridgehead atoms. The predicted molar refractivity (Wildman–Crippen MR) is 63.4 cm³/mol. The Morgan fingerprint density at radius 1 is 1.17 bits per heavy atom. The monoisotopic (exact) mass is 257 g/mol. The van der Waals surface area contributed by atoms with Crippen molar-refractivity contribution in [1.82, 2.24) is 14.7 Å². The molecule has 0 atom stereocenters. The van der Waals surface area contributed by atoms with Crippen molar-refractivity contribution in [3.63, 3.8) is 0 Å². The highest BCUT2D eigenvalue weighted by atomic mass is 16.5. The fourth-order valence-corrected chi connectivity index (χ4v) is 2.20. The zero-order chi connectivity index (χ0) is 13.0. The van der Waals surface area contributed by atoms with E-state index in [-0.39, 0.29) is 12.5 Å². The predicted octanol–water partition coefficient (Wildman–Crippen LogP) is -0.859. The molecule has 7 nitrogen and oxygen atoms in total. The van der Waals surface area contributed by atoms with Crippen LogP contribution in [-0.4, -0.2) is 90.8 Å². The van der Waals surface area contributed by atoms with E-state index in [0.717, 1.165) is 37.7 Å². The van der Waals surface area contributed by atoms with Gasteiger partial charge in [-0.15, -0.1) is 0 Å². The van der Waals surface area contributed by atoms with Gasteiger partial charge in [0.05, 0.1) is 13.2 Å². The Hall–Kier alpha value is -1.34. The lowest BCUT2D eigenvalue weighted by molar-refractivity contribution is -0.135. The molecule has 0 aromatic rings. The highest BCUT2D eigenvalue weighted by Crippen LogP contribution is 2.04. The van der Waals surface area contributed by atoms with Crippen molar-refractivity contribution in [1.29, 1.82) is 0 Å². The van der Waals surface area contributed by atoms with Gasteiger partial charge in [0.15, 0.2) is 0 Å². The van der Waals surface area contributed by atoms with Crippen LogP contribution >= 0.6 is 0 Å². The average Bonchev–Trinajstić information content (AvgIpc) is 2.38. The van der Waals surface area contributed by atoms with E-state index in [2.05, 4.69) is 4.90 Å². The lowest BCUT2D eigenvalue weighted by Crippen LogP contribution is -2.53. The largest absolute Gasteiger partial charge is 0.465 e. The van der Waals surface area contributed by atoms with Crippen LogP contribution in [0.15, 0.2) is 0 Å². The molecule has 0 aromatic carbocycles. The second kappa shape index (κ2) is 6.01. The zero-order valence-electron chi connectivity index (χ0n) is 10.4. The third-order valence-corrected chi connectivity index (χ3v) is 3.38. The highest BCUT2D eigenvalue weighted by molar-refractivity contribution is 5.83. The summed E-state index contributed by atoms with van der Waals surface area (Å²) in [4.78, 5) is 27.7. The van der Waals surface area contributed by atoms with Crippen LogP contribution in [0.4, 0.5) is 4.79 Å². The van der Waals surface area contributed by atoms with Gasteiger partial charge in [-0.25, -0.2) is 4.79 Å². The zero-order valence-corrected chi connectivity index (χ0v) is 10.4. The summed E-state index contributed by atoms with van der Waals surface area (Å²) < 4.78 is 5.26. The van der Waals surface area contributed by atoms with E-state index in [1.807, 2.05) is 0 Å². The Morgan fingerprint density at radius 3 is 2.50 bits per heavy atom. The average molecular weight is 257 g/mol. The van der Waals surface area contributed by atoms with Gasteiger partial charge in [0, 0.05) is 39.3 Å². The highest BCUT2D eigenvalue weighted by Gasteiger charge is 2.26. The lowest BCUT2D eigenvalue weighted by atomic mass is 10.3. The number of carbonyl (C=O) groups excluding carboxylic acids is 1. The van der Waals surface area contributed by atoms with Gasteiger partial charge in [-0.3, -0.25) is 14.6 Å². The maximum atomic E-state index is 11.8. The molecule has 1 N–H and O–H groups in total. The number of rotatable bonds is 3. The molecular formula is C11H19N3O4. The minimum atomic E-state index is -1.02. The molecule has 0 radical (unpaired) electrons. The Bertz CT molecular complexity index is 317. The topological polar surface area (TPSA) is 73.3 Å². The summed E-state index contributed by atoms with van der Waals surface area (Å²) >= 11 is 0. The summed E-state index contributed by atoms with van der Waals surface area (Å²) in [6, 6.07) is 0. The van der Waals surface area contributed by atoms with Crippen molar-refractivity contribution in [2.75, 3.05) is 59.0 Å². The van der Waals surface area contributed by atoms with Crippen LogP contribution in [0.3, 0.4) is 0 Å². The molecule has 18 heavy (non-hydrogen) atoms. The van der Waals surface area contributed by atoms with Crippen molar-refractivity contribution >= 4 is 12.0 Å². The van der Waals surface area contributed by atoms with Crippen LogP contribution < -0.4 is 0 Å². The van der Waals surface area contributed by atoms with Crippen LogP contribution in [0.5, 0.6) is 0 Å². The van der Waals surface area contributed by atoms with Gasteiger partial charge >= 0.3 is 6.09 Å². The number of morpholine rings is 1. The van der Waals surface area contributed by atoms with Gasteiger partial charge in [-0.2, -0.15) is 0 Å². The Labute approximate surface area is 106 Å². The minimum absolute atomic E-state index is 0.0154. The lowest BCUT2D eigenvalue weighted by Gasteiger charge is -2.35. The summed E-state index contributed by atoms with van der Waals surface area (Å²) in [5.74, 6) is -0.100. The molecular weight excluding hydrogens is 238 g/mol. The standard InChI is InChI=1S/C11H19N3O4/c15-10-9-14(11(16)17)4-3-13(10)2-1-12-5-7-18-8-6-12/h1-9H2,(H,16,17). The Balaban J connectivity index is 1.73. The summed E-state index contributed by atoms with van der Waals surface area (Å²) in [5.41, 5.74) is 0. The van der Waals surface area contributed by atoms with E-state index < -0.39 is 6.09 Å². The first-order chi connectivity index (χ1) is 8.66. The van der Waals surface area contributed by atoms with E-state index in [0.29, 0.717) is 19.6 Å². The fourth-order valence-electron chi connectivity index (χ4n) is 2.20. The van der Waals surface area contributed by atoms with Crippen LogP contribution in [0.2, 0.25) is 0 Å². The number of nitrogens with zero attached hydrogens (tertiary/aromatic N) is 3. The number of hydrogen-bond donors (Lipinski definition) is 1. The summed E-state index contributed by atoms with van der Waals surface area (Å²) in [5, 5.41) is 8.81. The van der Waals surface area contributed by atoms with E-state index in [4.69, 9.17) is 9.84 Å². The van der Waals surface area contributed by atoms with Gasteiger partial charge in [0.25, 0.3) is 0 Å². The second-order valence-corrected chi connectivity index (χ2v) is 4.54. The van der Waals surface area contributed by atoms with Crippen LogP contribution in [0, 0.1) is 0 Å². The Morgan fingerprint density at radius 2 is 1.89 bits per heavy atom. The summed E-state index contributed by atoms with van der Waals surface area (Å²) in [6.45, 7) is 5.71. The van der Waals surface area contributed by atoms with Gasteiger partial charge in [0.2, 0.25) is 5.91 Å². The maximum Gasteiger partial charge on any atom is 0.407 e. The van der Waals surface area contributed by atoms with Gasteiger partial charge in [0.1, 0.15) is 6.54 Å². The van der Waals surface area contributed by atoms with Gasteiger partial charge in [-0.1, -0.05) is 0 Å². The summed E-state index contributed by atoms with van der Waals surface area (Å²) in [7, 11) is 0. The van der Waals surface area contributed by atoms with Crippen molar-refractivity contribution < 1.29 is 19.4 Å². The van der Waals surface area contributed by atoms with Crippen molar-refractivity contribution in [3.8, 4) is 0 Å². The molecule has 2 aliphatic rings. The molecule has 2 amide bonds. The van der Waals surface area contributed by atoms with Crippen LogP contribution in [0.25, 0.3) is 0 Å². The molecule has 0 saturated carbocycles. The molecule has 0 aliphatic carbocycles. The fraction of sp³-hybridized carbons (Fsp3) is 0.818. The number of hydrogen-bond acceptors (Lipinski definition) is 4. The number of ether oxygens (including phenoxy) is 1. The first-order valence-electron chi connectivity index (χ1n) is 6.22. The SMILES string of the molecule is O=C(O)N1CCN(CCN2CCOCC2)C(=O)C1. The minimum Gasteiger partial charge on any atom is -0.465 e. The number of amides is 2. The molecule has 2 fully saturated rings. The normalized spacial score (nSPS) is 22.3. The molecule has 2 heterocycles. The molecule has 0 spiro atoms. The molecule has 0 unspecified atom stereocenters. The van der Waals surface area contributed by atoms with Crippen molar-refractivity contribution in [2.24, 2.45) is 0 Å².